The second-order valence-corrected chi connectivity index (χ2v) is 3.91. The lowest BCUT2D eigenvalue weighted by atomic mass is 9.78. The number of carboxylic acid groups (broad SMARTS) is 1. The summed E-state index contributed by atoms with van der Waals surface area (Å²) in [6.45, 7) is 2.19. The molecule has 0 spiro atoms. The van der Waals surface area contributed by atoms with Gasteiger partial charge in [0.2, 0.25) is 0 Å². The Balaban J connectivity index is 2.01. The summed E-state index contributed by atoms with van der Waals surface area (Å²) in [4.78, 5) is 14.4. The molecule has 0 saturated heterocycles. The van der Waals surface area contributed by atoms with Crippen molar-refractivity contribution in [3.63, 3.8) is 0 Å². The molecule has 0 aliphatic heterocycles. The molecule has 14 heavy (non-hydrogen) atoms. The lowest BCUT2D eigenvalue weighted by Gasteiger charge is -2.35. The molecule has 1 aliphatic rings. The third kappa shape index (κ3) is 1.52. The predicted molar refractivity (Wildman–Crippen MR) is 51.2 cm³/mol. The monoisotopic (exact) mass is 194 g/mol. The molecule has 1 N–H and O–H groups in total. The molecule has 2 rings (SSSR count). The molecule has 0 atom stereocenters. The largest absolute Gasteiger partial charge is 0.476 e. The summed E-state index contributed by atoms with van der Waals surface area (Å²) < 4.78 is 1.93. The van der Waals surface area contributed by atoms with Gasteiger partial charge in [0.1, 0.15) is 0 Å². The van der Waals surface area contributed by atoms with Crippen molar-refractivity contribution < 1.29 is 9.90 Å². The van der Waals surface area contributed by atoms with E-state index in [1.165, 1.54) is 6.42 Å². The van der Waals surface area contributed by atoms with Crippen LogP contribution in [0.3, 0.4) is 0 Å². The molecule has 1 aromatic heterocycles. The van der Waals surface area contributed by atoms with Crippen LogP contribution in [0.2, 0.25) is 0 Å². The minimum atomic E-state index is -0.949. The Morgan fingerprint density at radius 3 is 2.93 bits per heavy atom. The number of carbonyl (C=O) groups is 1. The summed E-state index contributed by atoms with van der Waals surface area (Å²) >= 11 is 0. The first-order chi connectivity index (χ1) is 6.70. The normalized spacial score (nSPS) is 25.8. The molecular weight excluding hydrogens is 180 g/mol. The van der Waals surface area contributed by atoms with Gasteiger partial charge in [-0.3, -0.25) is 0 Å². The van der Waals surface area contributed by atoms with Crippen LogP contribution in [-0.4, -0.2) is 20.6 Å². The van der Waals surface area contributed by atoms with Crippen molar-refractivity contribution in [2.45, 2.75) is 32.2 Å². The van der Waals surface area contributed by atoms with Crippen molar-refractivity contribution in [3.8, 4) is 0 Å². The zero-order chi connectivity index (χ0) is 10.1. The van der Waals surface area contributed by atoms with Gasteiger partial charge in [0.25, 0.3) is 0 Å². The molecule has 1 saturated carbocycles. The van der Waals surface area contributed by atoms with Crippen molar-refractivity contribution in [3.05, 3.63) is 18.2 Å². The van der Waals surface area contributed by atoms with E-state index in [-0.39, 0.29) is 5.69 Å². The molecule has 4 heteroatoms. The number of aromatic carboxylic acids is 1. The fourth-order valence-corrected chi connectivity index (χ4v) is 1.92. The van der Waals surface area contributed by atoms with Gasteiger partial charge in [-0.25, -0.2) is 9.78 Å². The van der Waals surface area contributed by atoms with Gasteiger partial charge in [-0.2, -0.15) is 0 Å². The molecule has 76 valence electrons. The van der Waals surface area contributed by atoms with Gasteiger partial charge in [-0.15, -0.1) is 0 Å². The maximum atomic E-state index is 10.6. The van der Waals surface area contributed by atoms with Crippen molar-refractivity contribution in [1.29, 1.82) is 0 Å². The van der Waals surface area contributed by atoms with Gasteiger partial charge < -0.3 is 9.67 Å². The highest BCUT2D eigenvalue weighted by Gasteiger charge is 2.29. The standard InChI is InChI=1S/C10H14N2O2/c1-2-7-3-8(4-7)12-5-9(10(13)14)11-6-12/h5-8H,2-4H2,1H3,(H,13,14). The van der Waals surface area contributed by atoms with Gasteiger partial charge in [-0.05, 0) is 18.8 Å². The first-order valence-electron chi connectivity index (χ1n) is 4.97. The van der Waals surface area contributed by atoms with Gasteiger partial charge in [0.15, 0.2) is 5.69 Å². The molecule has 1 fully saturated rings. The molecule has 4 nitrogen and oxygen atoms in total. The van der Waals surface area contributed by atoms with Crippen LogP contribution in [0, 0.1) is 5.92 Å². The van der Waals surface area contributed by atoms with E-state index in [0.717, 1.165) is 18.8 Å². The Hall–Kier alpha value is -1.32. The first kappa shape index (κ1) is 9.24. The minimum Gasteiger partial charge on any atom is -0.476 e. The number of imidazole rings is 1. The molecule has 1 aromatic rings. The number of carboxylic acids is 1. The number of hydrogen-bond donors (Lipinski definition) is 1. The average Bonchev–Trinajstić information content (AvgIpc) is 2.51. The smallest absolute Gasteiger partial charge is 0.356 e. The van der Waals surface area contributed by atoms with E-state index >= 15 is 0 Å². The number of nitrogens with zero attached hydrogens (tertiary/aromatic N) is 2. The fourth-order valence-electron chi connectivity index (χ4n) is 1.92. The van der Waals surface area contributed by atoms with E-state index < -0.39 is 5.97 Å². The zero-order valence-corrected chi connectivity index (χ0v) is 8.18. The van der Waals surface area contributed by atoms with Crippen molar-refractivity contribution in [2.24, 2.45) is 5.92 Å². The molecule has 0 aromatic carbocycles. The Morgan fingerprint density at radius 2 is 2.43 bits per heavy atom. The second kappa shape index (κ2) is 3.44. The summed E-state index contributed by atoms with van der Waals surface area (Å²) in [6.07, 6.45) is 6.79. The van der Waals surface area contributed by atoms with E-state index in [9.17, 15) is 4.79 Å². The van der Waals surface area contributed by atoms with Gasteiger partial charge in [0, 0.05) is 12.2 Å². The molecular formula is C10H14N2O2. The van der Waals surface area contributed by atoms with Crippen LogP contribution < -0.4 is 0 Å². The van der Waals surface area contributed by atoms with Crippen LogP contribution in [0.25, 0.3) is 0 Å². The van der Waals surface area contributed by atoms with Crippen LogP contribution >= 0.6 is 0 Å². The lowest BCUT2D eigenvalue weighted by Crippen LogP contribution is -2.25. The molecule has 0 radical (unpaired) electrons. The van der Waals surface area contributed by atoms with Gasteiger partial charge >= 0.3 is 5.97 Å². The Labute approximate surface area is 82.6 Å². The third-order valence-corrected chi connectivity index (χ3v) is 3.03. The minimum absolute atomic E-state index is 0.143. The average molecular weight is 194 g/mol. The molecule has 0 bridgehead atoms. The Kier molecular flexibility index (Phi) is 2.27. The van der Waals surface area contributed by atoms with Gasteiger partial charge in [0.05, 0.1) is 6.33 Å². The van der Waals surface area contributed by atoms with E-state index in [1.54, 1.807) is 12.5 Å². The topological polar surface area (TPSA) is 55.1 Å². The maximum Gasteiger partial charge on any atom is 0.356 e. The van der Waals surface area contributed by atoms with Crippen molar-refractivity contribution >= 4 is 5.97 Å². The Bertz CT molecular complexity index is 340. The van der Waals surface area contributed by atoms with Crippen LogP contribution in [0.4, 0.5) is 0 Å². The highest BCUT2D eigenvalue weighted by atomic mass is 16.4. The summed E-state index contributed by atoms with van der Waals surface area (Å²) in [5, 5.41) is 8.69. The maximum absolute atomic E-state index is 10.6. The zero-order valence-electron chi connectivity index (χ0n) is 8.18. The SMILES string of the molecule is CCC1CC(n2cnc(C(=O)O)c2)C1. The van der Waals surface area contributed by atoms with Gasteiger partial charge in [-0.1, -0.05) is 13.3 Å². The fraction of sp³-hybridized carbons (Fsp3) is 0.600. The molecule has 1 aliphatic carbocycles. The lowest BCUT2D eigenvalue weighted by molar-refractivity contribution is 0.0690. The summed E-state index contributed by atoms with van der Waals surface area (Å²) in [6, 6.07) is 0.473. The Morgan fingerprint density at radius 1 is 1.71 bits per heavy atom. The summed E-state index contributed by atoms with van der Waals surface area (Å²) in [5.41, 5.74) is 0.143. The van der Waals surface area contributed by atoms with E-state index in [0.29, 0.717) is 6.04 Å². The van der Waals surface area contributed by atoms with Crippen LogP contribution in [0.1, 0.15) is 42.7 Å². The molecule has 1 heterocycles. The predicted octanol–water partition coefficient (Wildman–Crippen LogP) is 1.94. The summed E-state index contributed by atoms with van der Waals surface area (Å²) in [5.74, 6) is -0.134. The quantitative estimate of drug-likeness (QED) is 0.800. The number of rotatable bonds is 3. The van der Waals surface area contributed by atoms with E-state index in [2.05, 4.69) is 11.9 Å². The van der Waals surface area contributed by atoms with Crippen LogP contribution in [-0.2, 0) is 0 Å². The van der Waals surface area contributed by atoms with Crippen molar-refractivity contribution in [1.82, 2.24) is 9.55 Å². The number of hydrogen-bond acceptors (Lipinski definition) is 2. The van der Waals surface area contributed by atoms with Crippen molar-refractivity contribution in [2.75, 3.05) is 0 Å². The highest BCUT2D eigenvalue weighted by Crippen LogP contribution is 2.39. The molecule has 0 amide bonds. The van der Waals surface area contributed by atoms with E-state index in [1.807, 2.05) is 4.57 Å². The third-order valence-electron chi connectivity index (χ3n) is 3.03. The van der Waals surface area contributed by atoms with Crippen LogP contribution in [0.15, 0.2) is 12.5 Å². The van der Waals surface area contributed by atoms with Crippen LogP contribution in [0.5, 0.6) is 0 Å². The summed E-state index contributed by atoms with van der Waals surface area (Å²) in [7, 11) is 0. The molecule has 0 unspecified atom stereocenters. The number of aromatic nitrogens is 2. The highest BCUT2D eigenvalue weighted by molar-refractivity contribution is 5.84. The first-order valence-corrected chi connectivity index (χ1v) is 4.97. The van der Waals surface area contributed by atoms with E-state index in [4.69, 9.17) is 5.11 Å². The second-order valence-electron chi connectivity index (χ2n) is 3.91.